The van der Waals surface area contributed by atoms with E-state index in [0.717, 1.165) is 57.7 Å². The molecule has 0 heterocycles. The average molecular weight is 1430 g/mol. The summed E-state index contributed by atoms with van der Waals surface area (Å²) in [5.41, 5.74) is 0. The van der Waals surface area contributed by atoms with E-state index in [1.807, 2.05) is 14.1 Å². The first-order valence-electron chi connectivity index (χ1n) is 34.3. The number of hydrogen-bond donors (Lipinski definition) is 7. The zero-order chi connectivity index (χ0) is 67.1. The van der Waals surface area contributed by atoms with Crippen molar-refractivity contribution in [3.63, 3.8) is 0 Å². The van der Waals surface area contributed by atoms with E-state index in [1.165, 1.54) is 164 Å². The molecule has 0 unspecified atom stereocenters. The second kappa shape index (κ2) is 87.7. The first kappa shape index (κ1) is 132. The van der Waals surface area contributed by atoms with E-state index in [-0.39, 0.29) is 89.0 Å². The molecule has 0 aromatic carbocycles. The molecule has 0 spiro atoms. The number of aliphatic hydroxyl groups is 7. The quantitative estimate of drug-likeness (QED) is 0.0169. The molecular weight excluding hydrogens is 1260 g/mol. The van der Waals surface area contributed by atoms with Gasteiger partial charge in [0.1, 0.15) is 26.9 Å². The third kappa shape index (κ3) is 97.0. The summed E-state index contributed by atoms with van der Waals surface area (Å²) in [7, 11) is 20.3. The van der Waals surface area contributed by atoms with Gasteiger partial charge in [-0.15, -0.1) is 23.2 Å². The smallest absolute Gasteiger partial charge is 0.161 e. The fourth-order valence-electron chi connectivity index (χ4n) is 8.94. The molecule has 0 radical (unpaired) electrons. The van der Waals surface area contributed by atoms with Crippen LogP contribution < -0.4 is 0 Å². The Hall–Kier alpha value is 0.600. The molecule has 0 amide bonds. The van der Waals surface area contributed by atoms with E-state index in [9.17, 15) is 0 Å². The highest BCUT2D eigenvalue weighted by Gasteiger charge is 2.35. The molecular formula is C67H172Cl2N6O15P2. The molecule has 15 N–H and O–H groups in total. The molecule has 0 bridgehead atoms. The van der Waals surface area contributed by atoms with E-state index < -0.39 is 14.5 Å². The lowest BCUT2D eigenvalue weighted by Gasteiger charge is -2.39. The van der Waals surface area contributed by atoms with Crippen LogP contribution in [0.25, 0.3) is 0 Å². The van der Waals surface area contributed by atoms with Gasteiger partial charge in [-0.1, -0.05) is 107 Å². The van der Waals surface area contributed by atoms with Gasteiger partial charge >= 0.3 is 0 Å². The van der Waals surface area contributed by atoms with Gasteiger partial charge in [0.15, 0.2) is 25.4 Å². The summed E-state index contributed by atoms with van der Waals surface area (Å²) in [4.78, 5) is 0. The van der Waals surface area contributed by atoms with E-state index in [0.29, 0.717) is 17.6 Å². The average Bonchev–Trinajstić information content (AvgIpc) is 3.45. The maximum atomic E-state index is 8.55. The van der Waals surface area contributed by atoms with E-state index in [1.54, 1.807) is 24.6 Å². The first-order chi connectivity index (χ1) is 39.3. The number of rotatable bonds is 44. The van der Waals surface area contributed by atoms with Crippen molar-refractivity contribution in [2.24, 2.45) is 0 Å². The molecule has 0 fully saturated rings. The Balaban J connectivity index is -0.0000000519. The predicted octanol–water partition coefficient (Wildman–Crippen LogP) is 11.9. The van der Waals surface area contributed by atoms with Crippen LogP contribution in [0, 0.1) is 0 Å². The van der Waals surface area contributed by atoms with Crippen molar-refractivity contribution in [2.45, 2.75) is 199 Å². The maximum absolute atomic E-state index is 8.55. The number of halogens is 2. The number of alkyl halides is 2. The van der Waals surface area contributed by atoms with Crippen LogP contribution in [0.5, 0.6) is 0 Å². The van der Waals surface area contributed by atoms with Gasteiger partial charge in [0.05, 0.1) is 187 Å². The number of aliphatic hydroxyl groups excluding tert-OH is 7. The van der Waals surface area contributed by atoms with Gasteiger partial charge < -0.3 is 106 Å². The summed E-state index contributed by atoms with van der Waals surface area (Å²) in [5.74, 6) is 1.53. The van der Waals surface area contributed by atoms with E-state index >= 15 is 0 Å². The predicted molar refractivity (Wildman–Crippen MR) is 401 cm³/mol. The molecule has 0 aromatic heterocycles. The van der Waals surface area contributed by atoms with Crippen LogP contribution in [0.15, 0.2) is 0 Å². The van der Waals surface area contributed by atoms with Gasteiger partial charge in [0.25, 0.3) is 0 Å². The van der Waals surface area contributed by atoms with Gasteiger partial charge in [-0.05, 0) is 79.1 Å². The van der Waals surface area contributed by atoms with Gasteiger partial charge in [0.2, 0.25) is 0 Å². The minimum Gasteiger partial charge on any atom is -0.870 e. The molecule has 584 valence electrons. The van der Waals surface area contributed by atoms with Crippen LogP contribution in [0.2, 0.25) is 0 Å². The standard InChI is InChI=1S/C16H36N.C16H36P.C8H18Cl2N.C8H20N.C6H16NO2.C5H14NO.C4H12N.C4H12O4P.8H2O/c2*1-5-9-13-17(14-10-6-2,15-11-7-3)16-12-8-4;1-11(2,7-3-5-9)8-4-6-10;1-5-9(6-2,7-3)8-4;1-7(2,3-5-8)4-6-9;1-6(2,3)4-5-7;1-5(2,3)4;5-1-9(2-6,3-7)4-8;;;;;;;;/h2*5-16H2,1-4H3;3-8H2,1-2H3;5-8H2,1-4H3;8-9H,3-6H2,1-2H3;7H,4-5H2,1-3H3;1-4H3;5-8H,1-4H2;8*1H2/q8*+1;;;;;;;;/p-8. The monoisotopic (exact) mass is 1430 g/mol. The van der Waals surface area contributed by atoms with Crippen molar-refractivity contribution in [1.29, 1.82) is 0 Å². The molecule has 0 aliphatic rings. The fraction of sp³-hybridized carbons (Fsp3) is 1.00. The number of hydrogen-bond acceptors (Lipinski definition) is 15. The zero-order valence-corrected chi connectivity index (χ0v) is 68.5. The summed E-state index contributed by atoms with van der Waals surface area (Å²) in [6, 6.07) is 0. The lowest BCUT2D eigenvalue weighted by atomic mass is 10.1. The van der Waals surface area contributed by atoms with Crippen molar-refractivity contribution in [2.75, 3.05) is 244 Å². The van der Waals surface area contributed by atoms with Crippen LogP contribution in [-0.4, -0.2) is 351 Å². The van der Waals surface area contributed by atoms with Crippen LogP contribution >= 0.6 is 37.7 Å². The van der Waals surface area contributed by atoms with Crippen LogP contribution in [0.4, 0.5) is 0 Å². The zero-order valence-electron chi connectivity index (χ0n) is 65.2. The molecule has 0 aliphatic heterocycles. The number of likely N-dealkylation sites (N-methyl/N-ethyl adjacent to an activating group) is 2. The van der Waals surface area contributed by atoms with Crippen molar-refractivity contribution in [3.8, 4) is 0 Å². The van der Waals surface area contributed by atoms with Gasteiger partial charge in [0, 0.05) is 31.9 Å². The molecule has 0 aromatic rings. The van der Waals surface area contributed by atoms with Gasteiger partial charge in [-0.3, -0.25) is 0 Å². The molecule has 0 saturated heterocycles. The van der Waals surface area contributed by atoms with Crippen molar-refractivity contribution in [3.05, 3.63) is 0 Å². The van der Waals surface area contributed by atoms with Crippen LogP contribution in [0.3, 0.4) is 0 Å². The highest BCUT2D eigenvalue weighted by molar-refractivity contribution is 7.76. The number of nitrogens with zero attached hydrogens (tertiary/aromatic N) is 6. The highest BCUT2D eigenvalue weighted by Crippen LogP contribution is 2.61. The molecule has 0 rings (SSSR count). The SMILES string of the molecule is CCCC[N+](CCCC)(CCCC)CCCC.CCCC[P+](CCCC)(CCCC)CCCC.CC[N+](CC)(CC)CC.C[N+](C)(C)C.C[N+](C)(C)CCO.C[N+](C)(CCCCl)CCCCl.C[N+](C)(CCO)CCO.OC[P+](CO)(CO)CO.[OH-].[OH-].[OH-].[OH-].[OH-].[OH-].[OH-].[OH-]. The van der Waals surface area contributed by atoms with Crippen LogP contribution in [-0.2, 0) is 0 Å². The Morgan fingerprint density at radius 2 is 0.467 bits per heavy atom. The highest BCUT2D eigenvalue weighted by atomic mass is 35.5. The Bertz CT molecular complexity index is 1080. The lowest BCUT2D eigenvalue weighted by molar-refractivity contribution is -0.929. The fourth-order valence-corrected chi connectivity index (χ4v) is 15.0. The summed E-state index contributed by atoms with van der Waals surface area (Å²) in [5, 5.41) is 59.6. The van der Waals surface area contributed by atoms with Crippen molar-refractivity contribution in [1.82, 2.24) is 0 Å². The van der Waals surface area contributed by atoms with Crippen molar-refractivity contribution >= 4 is 37.7 Å². The lowest BCUT2D eigenvalue weighted by Crippen LogP contribution is -2.50. The topological polar surface area (TPSA) is 382 Å². The Morgan fingerprint density at radius 1 is 0.261 bits per heavy atom. The molecule has 0 atom stereocenters. The molecule has 92 heavy (non-hydrogen) atoms. The van der Waals surface area contributed by atoms with Gasteiger partial charge in [-0.2, -0.15) is 0 Å². The Labute approximate surface area is 584 Å². The number of quaternary nitrogens is 6. The third-order valence-corrected chi connectivity index (χ3v) is 23.7. The van der Waals surface area contributed by atoms with E-state index in [4.69, 9.17) is 58.9 Å². The molecule has 0 saturated carbocycles. The first-order valence-corrected chi connectivity index (χ1v) is 40.4. The van der Waals surface area contributed by atoms with Crippen LogP contribution in [0.1, 0.15) is 199 Å². The largest absolute Gasteiger partial charge is 0.870 e. The summed E-state index contributed by atoms with van der Waals surface area (Å²) < 4.78 is 6.27. The van der Waals surface area contributed by atoms with Gasteiger partial charge in [-0.25, -0.2) is 0 Å². The normalized spacial score (nSPS) is 11.0. The third-order valence-electron chi connectivity index (χ3n) is 15.7. The Kier molecular flexibility index (Phi) is 126. The molecule has 25 heteroatoms. The summed E-state index contributed by atoms with van der Waals surface area (Å²) in [6.07, 6.45) is 30.0. The van der Waals surface area contributed by atoms with Crippen molar-refractivity contribution < 1.29 is 106 Å². The second-order valence-corrected chi connectivity index (χ2v) is 36.6. The minimum absolute atomic E-state index is 0. The summed E-state index contributed by atoms with van der Waals surface area (Å²) >= 11 is 11.2. The molecule has 0 aliphatic carbocycles. The van der Waals surface area contributed by atoms with E-state index in [2.05, 4.69) is 147 Å². The Morgan fingerprint density at radius 3 is 0.587 bits per heavy atom. The minimum atomic E-state index is -2.20. The number of unbranched alkanes of at least 4 members (excludes halogenated alkanes) is 8. The summed E-state index contributed by atoms with van der Waals surface area (Å²) in [6.45, 7) is 43.9. The maximum Gasteiger partial charge on any atom is 0.161 e. The molecule has 21 nitrogen and oxygen atoms in total. The second-order valence-electron chi connectivity index (χ2n) is 27.5.